The van der Waals surface area contributed by atoms with Crippen molar-refractivity contribution in [3.05, 3.63) is 65.1 Å². The van der Waals surface area contributed by atoms with Gasteiger partial charge in [0.2, 0.25) is 5.88 Å². The minimum Gasteiger partial charge on any atom is -0.471 e. The number of aromatic nitrogens is 3. The molecule has 33 heavy (non-hydrogen) atoms. The number of anilines is 1. The van der Waals surface area contributed by atoms with Gasteiger partial charge in [-0.2, -0.15) is 0 Å². The van der Waals surface area contributed by atoms with Crippen LogP contribution in [0.2, 0.25) is 0 Å². The number of carbonyl (C=O) groups excluding carboxylic acids is 2. The van der Waals surface area contributed by atoms with Crippen LogP contribution in [0.25, 0.3) is 0 Å². The molecule has 2 amide bonds. The van der Waals surface area contributed by atoms with Crippen LogP contribution in [0.1, 0.15) is 57.4 Å². The second kappa shape index (κ2) is 8.57. The summed E-state index contributed by atoms with van der Waals surface area (Å²) in [4.78, 5) is 39.2. The summed E-state index contributed by atoms with van der Waals surface area (Å²) in [7, 11) is 0. The molecule has 172 valence electrons. The predicted molar refractivity (Wildman–Crippen MR) is 112 cm³/mol. The van der Waals surface area contributed by atoms with Crippen molar-refractivity contribution in [2.75, 3.05) is 11.9 Å². The molecule has 1 N–H and O–H groups in total. The quantitative estimate of drug-likeness (QED) is 0.575. The van der Waals surface area contributed by atoms with Gasteiger partial charge in [-0.05, 0) is 31.5 Å². The molecular weight excluding hydrogens is 436 g/mol. The zero-order chi connectivity index (χ0) is 23.8. The number of halogens is 2. The third-order valence-electron chi connectivity index (χ3n) is 5.24. The number of rotatable bonds is 7. The summed E-state index contributed by atoms with van der Waals surface area (Å²) in [6.45, 7) is 3.76. The molecule has 4 rings (SSSR count). The molecule has 1 aliphatic rings. The van der Waals surface area contributed by atoms with Gasteiger partial charge in [0.15, 0.2) is 18.7 Å². The number of nitrogens with one attached hydrogen (secondary N) is 1. The lowest BCUT2D eigenvalue weighted by Crippen LogP contribution is -2.27. The first kappa shape index (κ1) is 22.3. The first-order valence-electron chi connectivity index (χ1n) is 10.1. The zero-order valence-electron chi connectivity index (χ0n) is 18.1. The Balaban J connectivity index is 1.52. The lowest BCUT2D eigenvalue weighted by Gasteiger charge is -2.25. The molecule has 9 nitrogen and oxygen atoms in total. The Kier molecular flexibility index (Phi) is 5.79. The monoisotopic (exact) mass is 457 g/mol. The largest absolute Gasteiger partial charge is 0.471 e. The summed E-state index contributed by atoms with van der Waals surface area (Å²) >= 11 is 0. The van der Waals surface area contributed by atoms with Gasteiger partial charge in [-0.3, -0.25) is 9.59 Å². The van der Waals surface area contributed by atoms with Crippen molar-refractivity contribution in [2.24, 2.45) is 0 Å². The fourth-order valence-corrected chi connectivity index (χ4v) is 3.51. The highest BCUT2D eigenvalue weighted by Gasteiger charge is 2.34. The molecule has 3 aromatic heterocycles. The van der Waals surface area contributed by atoms with E-state index in [-0.39, 0.29) is 35.9 Å². The van der Waals surface area contributed by atoms with Gasteiger partial charge < -0.3 is 19.4 Å². The molecule has 0 aliphatic carbocycles. The Morgan fingerprint density at radius 3 is 2.82 bits per heavy atom. The van der Waals surface area contributed by atoms with Crippen LogP contribution >= 0.6 is 0 Å². The Morgan fingerprint density at radius 2 is 2.15 bits per heavy atom. The fraction of sp³-hybridized carbons (Fsp3) is 0.318. The smallest absolute Gasteiger partial charge is 0.278 e. The third kappa shape index (κ3) is 4.66. The number of hydrogen-bond acceptors (Lipinski definition) is 7. The highest BCUT2D eigenvalue weighted by atomic mass is 19.3. The topological polar surface area (TPSA) is 110 Å². The Labute approximate surface area is 187 Å². The summed E-state index contributed by atoms with van der Waals surface area (Å²) in [5.74, 6) is -3.31. The second-order valence-electron chi connectivity index (χ2n) is 7.87. The van der Waals surface area contributed by atoms with Gasteiger partial charge in [0, 0.05) is 36.0 Å². The van der Waals surface area contributed by atoms with Gasteiger partial charge in [0.05, 0.1) is 12.6 Å². The van der Waals surface area contributed by atoms with Crippen LogP contribution in [0.5, 0.6) is 5.88 Å². The molecule has 0 fully saturated rings. The number of hydrogen-bond donors (Lipinski definition) is 1. The van der Waals surface area contributed by atoms with Crippen LogP contribution in [-0.2, 0) is 6.54 Å². The number of amides is 2. The van der Waals surface area contributed by atoms with Crippen molar-refractivity contribution in [1.29, 1.82) is 0 Å². The number of aryl methyl sites for hydroxylation is 1. The van der Waals surface area contributed by atoms with E-state index in [0.29, 0.717) is 22.3 Å². The first-order chi connectivity index (χ1) is 15.6. The molecule has 1 atom stereocenters. The predicted octanol–water partition coefficient (Wildman–Crippen LogP) is 3.78. The van der Waals surface area contributed by atoms with E-state index in [2.05, 4.69) is 20.3 Å². The average Bonchev–Trinajstić information content (AvgIpc) is 3.41. The lowest BCUT2D eigenvalue weighted by atomic mass is 10.1. The van der Waals surface area contributed by atoms with Crippen molar-refractivity contribution >= 4 is 17.6 Å². The number of oxazole rings is 1. The number of nitrogens with zero attached hydrogens (tertiary/aromatic N) is 4. The lowest BCUT2D eigenvalue weighted by molar-refractivity contribution is -0.0244. The highest BCUT2D eigenvalue weighted by Crippen LogP contribution is 2.34. The second-order valence-corrected chi connectivity index (χ2v) is 7.87. The Bertz CT molecular complexity index is 1190. The number of carbonyl (C=O) groups is 2. The van der Waals surface area contributed by atoms with Crippen LogP contribution in [0, 0.1) is 6.92 Å². The molecule has 0 saturated carbocycles. The number of alkyl halides is 2. The average molecular weight is 457 g/mol. The summed E-state index contributed by atoms with van der Waals surface area (Å²) in [6, 6.07) is 2.97. The third-order valence-corrected chi connectivity index (χ3v) is 5.24. The van der Waals surface area contributed by atoms with E-state index in [1.54, 1.807) is 24.0 Å². The van der Waals surface area contributed by atoms with Crippen LogP contribution in [-0.4, -0.2) is 44.2 Å². The molecule has 4 heterocycles. The first-order valence-corrected chi connectivity index (χ1v) is 10.1. The number of pyridine rings is 2. The minimum atomic E-state index is -2.97. The van der Waals surface area contributed by atoms with Gasteiger partial charge >= 0.3 is 0 Å². The van der Waals surface area contributed by atoms with Crippen molar-refractivity contribution in [1.82, 2.24) is 19.9 Å². The maximum Gasteiger partial charge on any atom is 0.278 e. The SMILES string of the molecule is Cc1cc(C(C)N2Cc3c(ccnc3NC(=O)c3cocn3)C2=O)cnc1OCC(C)(F)F. The summed E-state index contributed by atoms with van der Waals surface area (Å²) in [5, 5.41) is 2.67. The van der Waals surface area contributed by atoms with Gasteiger partial charge in [-0.1, -0.05) is 0 Å². The standard InChI is InChI=1S/C22H21F2N5O4/c1-12-6-14(7-26-20(12)33-10-22(3,23)24)13(2)29-8-16-15(21(29)31)4-5-25-18(16)28-19(30)17-9-32-11-27-17/h4-7,9,11,13H,8,10H2,1-3H3,(H,25,28,30). The molecule has 3 aromatic rings. The van der Waals surface area contributed by atoms with Gasteiger partial charge in [0.25, 0.3) is 17.7 Å². The summed E-state index contributed by atoms with van der Waals surface area (Å²) < 4.78 is 36.1. The molecule has 0 spiro atoms. The van der Waals surface area contributed by atoms with Crippen molar-refractivity contribution in [3.63, 3.8) is 0 Å². The number of ether oxygens (including phenoxy) is 1. The normalized spacial score (nSPS) is 14.2. The summed E-state index contributed by atoms with van der Waals surface area (Å²) in [5.41, 5.74) is 2.40. The molecule has 0 saturated heterocycles. The molecule has 0 radical (unpaired) electrons. The van der Waals surface area contributed by atoms with Crippen LogP contribution in [0.4, 0.5) is 14.6 Å². The zero-order valence-corrected chi connectivity index (χ0v) is 18.1. The maximum absolute atomic E-state index is 13.1. The molecule has 0 bridgehead atoms. The van der Waals surface area contributed by atoms with E-state index < -0.39 is 18.4 Å². The van der Waals surface area contributed by atoms with E-state index in [9.17, 15) is 18.4 Å². The van der Waals surface area contributed by atoms with Crippen molar-refractivity contribution in [2.45, 2.75) is 39.3 Å². The molecule has 11 heteroatoms. The maximum atomic E-state index is 13.1. The van der Waals surface area contributed by atoms with Crippen molar-refractivity contribution in [3.8, 4) is 5.88 Å². The Morgan fingerprint density at radius 1 is 1.36 bits per heavy atom. The van der Waals surface area contributed by atoms with E-state index >= 15 is 0 Å². The van der Waals surface area contributed by atoms with Crippen LogP contribution < -0.4 is 10.1 Å². The van der Waals surface area contributed by atoms with E-state index in [1.807, 2.05) is 6.92 Å². The molecule has 1 unspecified atom stereocenters. The van der Waals surface area contributed by atoms with Gasteiger partial charge in [-0.15, -0.1) is 0 Å². The Hall–Kier alpha value is -3.89. The summed E-state index contributed by atoms with van der Waals surface area (Å²) in [6.07, 6.45) is 5.31. The van der Waals surface area contributed by atoms with E-state index in [4.69, 9.17) is 9.15 Å². The number of fused-ring (bicyclic) bond motifs is 1. The molecule has 1 aliphatic heterocycles. The molecule has 0 aromatic carbocycles. The van der Waals surface area contributed by atoms with E-state index in [1.165, 1.54) is 18.7 Å². The van der Waals surface area contributed by atoms with Crippen LogP contribution in [0.15, 0.2) is 41.6 Å². The van der Waals surface area contributed by atoms with Crippen molar-refractivity contribution < 1.29 is 27.5 Å². The fourth-order valence-electron chi connectivity index (χ4n) is 3.51. The highest BCUT2D eigenvalue weighted by molar-refractivity contribution is 6.05. The minimum absolute atomic E-state index is 0.0913. The van der Waals surface area contributed by atoms with E-state index in [0.717, 1.165) is 13.3 Å². The molecular formula is C22H21F2N5O4. The van der Waals surface area contributed by atoms with Gasteiger partial charge in [-0.25, -0.2) is 23.7 Å². The van der Waals surface area contributed by atoms with Gasteiger partial charge in [0.1, 0.15) is 12.1 Å². The van der Waals surface area contributed by atoms with Crippen LogP contribution in [0.3, 0.4) is 0 Å².